The van der Waals surface area contributed by atoms with Crippen molar-refractivity contribution in [2.45, 2.75) is 89.3 Å². The third-order valence-corrected chi connectivity index (χ3v) is 9.54. The summed E-state index contributed by atoms with van der Waals surface area (Å²) >= 11 is 0. The largest absolute Gasteiger partial charge is 0.380 e. The number of nitrogens with zero attached hydrogens (tertiary/aromatic N) is 3. The second-order valence-electron chi connectivity index (χ2n) is 11.0. The van der Waals surface area contributed by atoms with Crippen molar-refractivity contribution in [1.29, 1.82) is 0 Å². The summed E-state index contributed by atoms with van der Waals surface area (Å²) in [5.41, 5.74) is 3.11. The number of hydrogen-bond acceptors (Lipinski definition) is 7. The van der Waals surface area contributed by atoms with Crippen LogP contribution in [0.1, 0.15) is 74.3 Å². The number of ether oxygens (including phenoxy) is 1. The van der Waals surface area contributed by atoms with Crippen LogP contribution in [0.25, 0.3) is 11.1 Å². The Morgan fingerprint density at radius 1 is 1.10 bits per heavy atom. The Morgan fingerprint density at radius 3 is 2.54 bits per heavy atom. The van der Waals surface area contributed by atoms with Crippen LogP contribution in [-0.2, 0) is 32.7 Å². The van der Waals surface area contributed by atoms with Gasteiger partial charge in [0.15, 0.2) is 5.82 Å². The molecule has 1 aliphatic heterocycles. The Bertz CT molecular complexity index is 1570. The van der Waals surface area contributed by atoms with Gasteiger partial charge in [0, 0.05) is 24.7 Å². The molecule has 1 N–H and O–H groups in total. The molecular weight excluding hydrogens is 540 g/mol. The molecule has 2 aromatic carbocycles. The maximum atomic E-state index is 13.6. The fraction of sp³-hybridized carbons (Fsp3) is 0.452. The van der Waals surface area contributed by atoms with Crippen molar-refractivity contribution in [3.05, 3.63) is 64.9 Å². The van der Waals surface area contributed by atoms with E-state index < -0.39 is 15.6 Å². The van der Waals surface area contributed by atoms with E-state index in [9.17, 15) is 13.2 Å². The van der Waals surface area contributed by atoms with E-state index in [1.165, 1.54) is 0 Å². The molecule has 5 rings (SSSR count). The van der Waals surface area contributed by atoms with E-state index in [1.807, 2.05) is 29.2 Å². The molecule has 1 aliphatic carbocycles. The Kier molecular flexibility index (Phi) is 8.33. The number of carbonyl (C=O) groups is 1. The summed E-state index contributed by atoms with van der Waals surface area (Å²) in [5.74, 6) is 1.71. The maximum absolute atomic E-state index is 13.6. The Labute approximate surface area is 242 Å². The van der Waals surface area contributed by atoms with Crippen LogP contribution in [0.15, 0.2) is 56.9 Å². The normalized spacial score (nSPS) is 16.5. The van der Waals surface area contributed by atoms with Crippen LogP contribution in [0, 0.1) is 13.8 Å². The summed E-state index contributed by atoms with van der Waals surface area (Å²) in [4.78, 5) is 20.6. The van der Waals surface area contributed by atoms with Gasteiger partial charge < -0.3 is 9.26 Å². The van der Waals surface area contributed by atoms with Gasteiger partial charge in [0.05, 0.1) is 18.0 Å². The monoisotopic (exact) mass is 578 g/mol. The number of unbranched alkanes of at least 4 members (excludes halogenated alkanes) is 1. The van der Waals surface area contributed by atoms with Gasteiger partial charge >= 0.3 is 0 Å². The van der Waals surface area contributed by atoms with Gasteiger partial charge in [-0.2, -0.15) is 0 Å². The summed E-state index contributed by atoms with van der Waals surface area (Å²) in [6.45, 7) is 6.33. The molecule has 0 unspecified atom stereocenters. The molecule has 41 heavy (non-hydrogen) atoms. The van der Waals surface area contributed by atoms with Crippen molar-refractivity contribution in [3.8, 4) is 11.1 Å². The van der Waals surface area contributed by atoms with E-state index in [1.54, 1.807) is 39.2 Å². The number of rotatable bonds is 11. The first kappa shape index (κ1) is 29.0. The number of amides is 1. The minimum absolute atomic E-state index is 0.111. The molecule has 2 aliphatic rings. The fourth-order valence-electron chi connectivity index (χ4n) is 5.78. The van der Waals surface area contributed by atoms with Crippen LogP contribution in [0.2, 0.25) is 0 Å². The van der Waals surface area contributed by atoms with Crippen molar-refractivity contribution in [3.63, 3.8) is 0 Å². The van der Waals surface area contributed by atoms with Crippen LogP contribution in [0.5, 0.6) is 0 Å². The van der Waals surface area contributed by atoms with Gasteiger partial charge in [0.1, 0.15) is 17.1 Å². The number of hydrogen-bond donors (Lipinski definition) is 1. The number of anilines is 1. The number of methoxy groups -OCH3 is 1. The molecule has 10 heteroatoms. The fourth-order valence-corrected chi connectivity index (χ4v) is 7.06. The average molecular weight is 579 g/mol. The van der Waals surface area contributed by atoms with Gasteiger partial charge in [0.2, 0.25) is 0 Å². The quantitative estimate of drug-likeness (QED) is 0.292. The molecule has 218 valence electrons. The smallest absolute Gasteiger partial charge is 0.263 e. The number of benzene rings is 2. The van der Waals surface area contributed by atoms with Crippen LogP contribution < -0.4 is 4.72 Å². The van der Waals surface area contributed by atoms with Crippen LogP contribution in [0.4, 0.5) is 5.82 Å². The number of aromatic nitrogens is 1. The summed E-state index contributed by atoms with van der Waals surface area (Å²) in [6, 6.07) is 12.7. The lowest BCUT2D eigenvalue weighted by Crippen LogP contribution is -2.40. The number of nitrogens with one attached hydrogen (secondary N) is 1. The first-order chi connectivity index (χ1) is 19.7. The number of amidine groups is 1. The second-order valence-corrected chi connectivity index (χ2v) is 12.7. The first-order valence-corrected chi connectivity index (χ1v) is 15.7. The number of carbonyl (C=O) groups excluding carboxylic acids is 1. The topological polar surface area (TPSA) is 114 Å². The van der Waals surface area contributed by atoms with Crippen molar-refractivity contribution in [2.75, 3.05) is 11.8 Å². The molecule has 2 heterocycles. The molecule has 1 aromatic heterocycles. The first-order valence-electron chi connectivity index (χ1n) is 14.3. The molecule has 1 saturated carbocycles. The molecule has 9 nitrogen and oxygen atoms in total. The number of sulfonamides is 1. The minimum atomic E-state index is -3.98. The minimum Gasteiger partial charge on any atom is -0.380 e. The van der Waals surface area contributed by atoms with Gasteiger partial charge in [-0.05, 0) is 55.9 Å². The maximum Gasteiger partial charge on any atom is 0.263 e. The van der Waals surface area contributed by atoms with E-state index in [2.05, 4.69) is 16.8 Å². The van der Waals surface area contributed by atoms with Gasteiger partial charge in [-0.3, -0.25) is 19.4 Å². The predicted molar refractivity (Wildman–Crippen MR) is 158 cm³/mol. The molecule has 3 aromatic rings. The predicted octanol–water partition coefficient (Wildman–Crippen LogP) is 6.15. The van der Waals surface area contributed by atoms with E-state index in [0.29, 0.717) is 23.4 Å². The highest BCUT2D eigenvalue weighted by molar-refractivity contribution is 7.92. The molecule has 0 saturated heterocycles. The lowest BCUT2D eigenvalue weighted by atomic mass is 9.96. The van der Waals surface area contributed by atoms with Crippen LogP contribution >= 0.6 is 0 Å². The van der Waals surface area contributed by atoms with Gasteiger partial charge in [-0.15, -0.1) is 0 Å². The molecule has 0 radical (unpaired) electrons. The highest BCUT2D eigenvalue weighted by Gasteiger charge is 2.49. The Balaban J connectivity index is 1.47. The average Bonchev–Trinajstić information content (AvgIpc) is 3.63. The highest BCUT2D eigenvalue weighted by Crippen LogP contribution is 2.40. The zero-order chi connectivity index (χ0) is 29.2. The van der Waals surface area contributed by atoms with Crippen molar-refractivity contribution >= 4 is 27.6 Å². The van der Waals surface area contributed by atoms with Gasteiger partial charge in [0.25, 0.3) is 15.9 Å². The molecule has 0 bridgehead atoms. The molecule has 1 amide bonds. The highest BCUT2D eigenvalue weighted by atomic mass is 32.2. The van der Waals surface area contributed by atoms with Gasteiger partial charge in [-0.25, -0.2) is 8.42 Å². The Hall–Kier alpha value is -3.50. The molecule has 1 fully saturated rings. The molecular formula is C31H38N4O5S. The lowest BCUT2D eigenvalue weighted by molar-refractivity contribution is -0.131. The Morgan fingerprint density at radius 2 is 1.85 bits per heavy atom. The molecule has 1 spiro atoms. The van der Waals surface area contributed by atoms with E-state index in [-0.39, 0.29) is 23.2 Å². The van der Waals surface area contributed by atoms with Crippen molar-refractivity contribution < 1.29 is 22.5 Å². The standard InChI is InChI=1S/C31H38N4O5S/c1-5-6-13-28-32-31(16-9-10-17-31)30(36)35(28)19-23-14-15-25(24(18-23)20-39-4)26-11-7-8-12-27(26)41(37,38)34-29-21(2)22(3)40-33-29/h7-8,11-12,14-15,18H,5-6,9-10,13,16-17,19-20H2,1-4H3,(H,33,34). The number of aryl methyl sites for hydroxylation is 1. The zero-order valence-electron chi connectivity index (χ0n) is 24.2. The third kappa shape index (κ3) is 5.67. The summed E-state index contributed by atoms with van der Waals surface area (Å²) in [5, 5.41) is 3.87. The van der Waals surface area contributed by atoms with E-state index in [4.69, 9.17) is 14.3 Å². The van der Waals surface area contributed by atoms with Crippen LogP contribution in [0.3, 0.4) is 0 Å². The van der Waals surface area contributed by atoms with E-state index >= 15 is 0 Å². The second kappa shape index (κ2) is 11.8. The van der Waals surface area contributed by atoms with Gasteiger partial charge in [-0.1, -0.05) is 67.7 Å². The lowest BCUT2D eigenvalue weighted by Gasteiger charge is -2.23. The summed E-state index contributed by atoms with van der Waals surface area (Å²) in [6.07, 6.45) is 6.51. The van der Waals surface area contributed by atoms with E-state index in [0.717, 1.165) is 67.5 Å². The summed E-state index contributed by atoms with van der Waals surface area (Å²) < 4.78 is 40.3. The number of aliphatic imine (C=N–C) groups is 1. The SMILES string of the molecule is CCCCC1=NC2(CCCC2)C(=O)N1Cc1ccc(-c2ccccc2S(=O)(=O)Nc2noc(C)c2C)c(COC)c1. The summed E-state index contributed by atoms with van der Waals surface area (Å²) in [7, 11) is -2.37. The van der Waals surface area contributed by atoms with Crippen molar-refractivity contribution in [2.24, 2.45) is 4.99 Å². The van der Waals surface area contributed by atoms with Crippen LogP contribution in [-0.4, -0.2) is 42.9 Å². The zero-order valence-corrected chi connectivity index (χ0v) is 25.0. The van der Waals surface area contributed by atoms with Crippen molar-refractivity contribution in [1.82, 2.24) is 10.1 Å². The molecule has 0 atom stereocenters. The third-order valence-electron chi connectivity index (χ3n) is 8.15.